The summed E-state index contributed by atoms with van der Waals surface area (Å²) in [7, 11) is 2.92. The van der Waals surface area contributed by atoms with Crippen molar-refractivity contribution in [2.24, 2.45) is 0 Å². The zero-order valence-electron chi connectivity index (χ0n) is 23.0. The van der Waals surface area contributed by atoms with Crippen molar-refractivity contribution >= 4 is 17.9 Å². The molecule has 40 heavy (non-hydrogen) atoms. The van der Waals surface area contributed by atoms with E-state index in [2.05, 4.69) is 19.7 Å². The number of carbonyl (C=O) groups excluding carboxylic acids is 3. The third kappa shape index (κ3) is 10.4. The lowest BCUT2D eigenvalue weighted by atomic mass is 10.0. The van der Waals surface area contributed by atoms with Gasteiger partial charge in [-0.05, 0) is 42.3 Å². The number of hydrogen-bond acceptors (Lipinski definition) is 10. The highest BCUT2D eigenvalue weighted by molar-refractivity contribution is 5.89. The van der Waals surface area contributed by atoms with E-state index >= 15 is 0 Å². The van der Waals surface area contributed by atoms with Crippen LogP contribution in [0.15, 0.2) is 78.9 Å². The first kappa shape index (κ1) is 31.8. The van der Waals surface area contributed by atoms with Gasteiger partial charge in [0.2, 0.25) is 0 Å². The van der Waals surface area contributed by atoms with Crippen molar-refractivity contribution in [1.29, 1.82) is 0 Å². The first-order valence-corrected chi connectivity index (χ1v) is 12.2. The minimum absolute atomic E-state index is 0.0187. The largest absolute Gasteiger partial charge is 0.490 e. The molecule has 10 nitrogen and oxygen atoms in total. The predicted octanol–water partition coefficient (Wildman–Crippen LogP) is 4.08. The summed E-state index contributed by atoms with van der Waals surface area (Å²) in [4.78, 5) is 35.8. The molecule has 0 saturated heterocycles. The van der Waals surface area contributed by atoms with Crippen LogP contribution in [0.4, 0.5) is 0 Å². The van der Waals surface area contributed by atoms with E-state index in [1.807, 2.05) is 12.1 Å². The highest BCUT2D eigenvalue weighted by Crippen LogP contribution is 2.34. The second-order valence-corrected chi connectivity index (χ2v) is 8.40. The van der Waals surface area contributed by atoms with Gasteiger partial charge in [0.15, 0.2) is 11.5 Å². The van der Waals surface area contributed by atoms with Gasteiger partial charge in [0.1, 0.15) is 32.2 Å². The van der Waals surface area contributed by atoms with Gasteiger partial charge in [-0.25, -0.2) is 14.4 Å². The van der Waals surface area contributed by atoms with E-state index in [-0.39, 0.29) is 67.9 Å². The lowest BCUT2D eigenvalue weighted by Crippen LogP contribution is -2.16. The minimum Gasteiger partial charge on any atom is -0.490 e. The van der Waals surface area contributed by atoms with E-state index in [0.29, 0.717) is 5.75 Å². The second-order valence-electron chi connectivity index (χ2n) is 8.40. The van der Waals surface area contributed by atoms with Crippen LogP contribution < -0.4 is 14.2 Å². The number of methoxy groups -OCH3 is 2. The maximum absolute atomic E-state index is 12.2. The van der Waals surface area contributed by atoms with E-state index in [9.17, 15) is 14.4 Å². The summed E-state index contributed by atoms with van der Waals surface area (Å²) in [5.74, 6) is -0.696. The number of hydrogen-bond donors (Lipinski definition) is 0. The molecule has 0 N–H and O–H groups in total. The van der Waals surface area contributed by atoms with Gasteiger partial charge < -0.3 is 33.2 Å². The maximum Gasteiger partial charge on any atom is 0.338 e. The van der Waals surface area contributed by atoms with Crippen molar-refractivity contribution in [3.8, 4) is 28.4 Å². The van der Waals surface area contributed by atoms with Gasteiger partial charge in [-0.3, -0.25) is 0 Å². The SMILES string of the molecule is C=C(C)C(=O)Oc1cc(-c2ccc(OCCOC(=O)C(=C)COC)cc2)ccc1OCCOC(=O)C(=C)COC. The normalized spacial score (nSPS) is 10.3. The van der Waals surface area contributed by atoms with Crippen molar-refractivity contribution in [2.75, 3.05) is 53.9 Å². The Morgan fingerprint density at radius 1 is 0.650 bits per heavy atom. The summed E-state index contributed by atoms with van der Waals surface area (Å²) in [5.41, 5.74) is 2.20. The Morgan fingerprint density at radius 2 is 1.18 bits per heavy atom. The van der Waals surface area contributed by atoms with Gasteiger partial charge in [-0.2, -0.15) is 0 Å². The standard InChI is InChI=1S/C30H34O10/c1-20(2)28(31)40-27-17-24(9-12-26(27)37-14-16-39-30(33)22(4)19-35-6)23-7-10-25(11-8-23)36-13-15-38-29(32)21(3)18-34-5/h7-12,17H,1,3-4,13-16,18-19H2,2,5-6H3. The molecule has 0 aliphatic heterocycles. The van der Waals surface area contributed by atoms with Crippen molar-refractivity contribution in [1.82, 2.24) is 0 Å². The number of ether oxygens (including phenoxy) is 7. The van der Waals surface area contributed by atoms with E-state index in [1.54, 1.807) is 30.3 Å². The van der Waals surface area contributed by atoms with Gasteiger partial charge in [0, 0.05) is 19.8 Å². The average molecular weight is 555 g/mol. The number of rotatable bonds is 17. The molecular formula is C30H34O10. The van der Waals surface area contributed by atoms with Crippen molar-refractivity contribution in [2.45, 2.75) is 6.92 Å². The molecule has 2 rings (SSSR count). The van der Waals surface area contributed by atoms with Crippen LogP contribution in [0.5, 0.6) is 17.2 Å². The number of benzene rings is 2. The molecule has 0 aliphatic rings. The van der Waals surface area contributed by atoms with Crippen LogP contribution in [0.25, 0.3) is 11.1 Å². The molecule has 0 radical (unpaired) electrons. The molecule has 0 aliphatic carbocycles. The molecule has 0 atom stereocenters. The lowest BCUT2D eigenvalue weighted by Gasteiger charge is -2.14. The monoisotopic (exact) mass is 554 g/mol. The number of esters is 3. The summed E-state index contributed by atoms with van der Waals surface area (Å²) in [5, 5.41) is 0. The fraction of sp³-hybridized carbons (Fsp3) is 0.300. The third-order valence-corrected chi connectivity index (χ3v) is 5.06. The Hall–Kier alpha value is -4.41. The van der Waals surface area contributed by atoms with Crippen LogP contribution >= 0.6 is 0 Å². The van der Waals surface area contributed by atoms with Crippen molar-refractivity contribution < 1.29 is 47.5 Å². The highest BCUT2D eigenvalue weighted by atomic mass is 16.6. The molecule has 0 heterocycles. The van der Waals surface area contributed by atoms with Crippen LogP contribution in [0.1, 0.15) is 6.92 Å². The summed E-state index contributed by atoms with van der Waals surface area (Å²) in [6.45, 7) is 12.7. The molecule has 0 amide bonds. The molecule has 0 saturated carbocycles. The Bertz CT molecular complexity index is 1210. The molecule has 0 aromatic heterocycles. The molecule has 0 fully saturated rings. The third-order valence-electron chi connectivity index (χ3n) is 5.06. The van der Waals surface area contributed by atoms with Crippen molar-refractivity contribution in [3.63, 3.8) is 0 Å². The van der Waals surface area contributed by atoms with Crippen LogP contribution in [0.2, 0.25) is 0 Å². The highest BCUT2D eigenvalue weighted by Gasteiger charge is 2.14. The van der Waals surface area contributed by atoms with Gasteiger partial charge >= 0.3 is 17.9 Å². The maximum atomic E-state index is 12.2. The zero-order chi connectivity index (χ0) is 29.5. The molecule has 2 aromatic carbocycles. The fourth-order valence-corrected chi connectivity index (χ4v) is 3.07. The van der Waals surface area contributed by atoms with E-state index in [4.69, 9.17) is 33.2 Å². The molecule has 0 spiro atoms. The smallest absolute Gasteiger partial charge is 0.338 e. The quantitative estimate of drug-likeness (QED) is 0.123. The average Bonchev–Trinajstić information content (AvgIpc) is 2.94. The van der Waals surface area contributed by atoms with E-state index in [1.165, 1.54) is 21.1 Å². The molecule has 214 valence electrons. The fourth-order valence-electron chi connectivity index (χ4n) is 3.07. The topological polar surface area (TPSA) is 116 Å². The first-order valence-electron chi connectivity index (χ1n) is 12.2. The zero-order valence-corrected chi connectivity index (χ0v) is 23.0. The van der Waals surface area contributed by atoms with Gasteiger partial charge in [-0.15, -0.1) is 0 Å². The predicted molar refractivity (Wildman–Crippen MR) is 147 cm³/mol. The summed E-state index contributed by atoms with van der Waals surface area (Å²) < 4.78 is 36.7. The van der Waals surface area contributed by atoms with Crippen LogP contribution in [-0.2, 0) is 33.3 Å². The molecule has 0 unspecified atom stereocenters. The van der Waals surface area contributed by atoms with Crippen molar-refractivity contribution in [3.05, 3.63) is 78.9 Å². The Kier molecular flexibility index (Phi) is 13.1. The van der Waals surface area contributed by atoms with Gasteiger partial charge in [0.05, 0.1) is 24.4 Å². The summed E-state index contributed by atoms with van der Waals surface area (Å²) in [6.07, 6.45) is 0. The molecule has 2 aromatic rings. The molecular weight excluding hydrogens is 520 g/mol. The van der Waals surface area contributed by atoms with Crippen LogP contribution in [-0.4, -0.2) is 71.8 Å². The number of carbonyl (C=O) groups is 3. The lowest BCUT2D eigenvalue weighted by molar-refractivity contribution is -0.141. The minimum atomic E-state index is -0.612. The first-order chi connectivity index (χ1) is 19.2. The van der Waals surface area contributed by atoms with E-state index in [0.717, 1.165) is 11.1 Å². The van der Waals surface area contributed by atoms with Crippen LogP contribution in [0.3, 0.4) is 0 Å². The Morgan fingerprint density at radius 3 is 1.70 bits per heavy atom. The second kappa shape index (κ2) is 16.5. The Labute approximate surface area is 233 Å². The summed E-state index contributed by atoms with van der Waals surface area (Å²) >= 11 is 0. The van der Waals surface area contributed by atoms with Gasteiger partial charge in [-0.1, -0.05) is 37.9 Å². The van der Waals surface area contributed by atoms with Gasteiger partial charge in [0.25, 0.3) is 0 Å². The molecule has 10 heteroatoms. The Balaban J connectivity index is 2.02. The summed E-state index contributed by atoms with van der Waals surface area (Å²) in [6, 6.07) is 12.3. The molecule has 0 bridgehead atoms. The van der Waals surface area contributed by atoms with Crippen LogP contribution in [0, 0.1) is 0 Å². The van der Waals surface area contributed by atoms with E-state index < -0.39 is 17.9 Å².